The number of halogens is 3. The van der Waals surface area contributed by atoms with E-state index in [1.165, 1.54) is 417 Å². The van der Waals surface area contributed by atoms with Crippen molar-refractivity contribution in [1.82, 2.24) is 0 Å². The van der Waals surface area contributed by atoms with E-state index >= 15 is 0 Å². The van der Waals surface area contributed by atoms with Gasteiger partial charge in [-0.1, -0.05) is 580 Å². The maximum Gasteiger partial charge on any atom is 2.00 e. The third-order valence-electron chi connectivity index (χ3n) is 24.8. The van der Waals surface area contributed by atoms with E-state index in [2.05, 4.69) is 191 Å². The summed E-state index contributed by atoms with van der Waals surface area (Å²) in [6.07, 6.45) is 104. The van der Waals surface area contributed by atoms with Gasteiger partial charge in [-0.2, -0.15) is 17.5 Å². The van der Waals surface area contributed by atoms with E-state index in [4.69, 9.17) is 23.9 Å². The second-order valence-corrected chi connectivity index (χ2v) is 67.9. The maximum atomic E-state index is 6.09. The molecule has 0 aliphatic carbocycles. The van der Waals surface area contributed by atoms with Crippen LogP contribution in [0.1, 0.15) is 549 Å². The quantitative estimate of drug-likeness (QED) is 0.0187. The minimum absolute atomic E-state index is 0. The SMILES string of the molecule is C#C[Si](C)(C)C.C#C[Si](CCCCCCCCCCCCCCCCCC)(C(C)C)C(C)C.CC(C)[SiH](Cl)C(C)C.CCCCCCCCCCCCCCCCCC[SiH](C(C)C)C(C)C.CCCCCCCCCCCCCCCCCC[Si](Br)(C(C)C)C(C)C.[CH2-]CCCCCCCCCCCCCCCCC.[Cl-].[Mg+2]. The fraction of sp³-hybridized carbons (Fsp3) is 0.951. The molecule has 0 aliphatic rings. The first-order chi connectivity index (χ1) is 52.6. The number of rotatable bonds is 74. The summed E-state index contributed by atoms with van der Waals surface area (Å²) in [5, 5.41) is 0. The smallest absolute Gasteiger partial charge is 1.00 e. The fourth-order valence-corrected chi connectivity index (χ4v) is 29.9. The predicted octanol–water partition coefficient (Wildman–Crippen LogP) is 37.4. The van der Waals surface area contributed by atoms with Gasteiger partial charge in [0, 0.05) is 8.80 Å². The van der Waals surface area contributed by atoms with E-state index in [1.54, 1.807) is 6.04 Å². The molecule has 0 saturated carbocycles. The Bertz CT molecular complexity index is 1740. The third-order valence-corrected chi connectivity index (χ3v) is 53.2. The zero-order valence-corrected chi connectivity index (χ0v) is 92.2. The molecular formula is C103H217BrCl2MgSi5. The van der Waals surface area contributed by atoms with Crippen LogP contribution in [0.3, 0.4) is 0 Å². The van der Waals surface area contributed by atoms with E-state index < -0.39 is 39.7 Å². The Hall–Kier alpha value is 2.03. The van der Waals surface area contributed by atoms with E-state index in [1.807, 2.05) is 0 Å². The van der Waals surface area contributed by atoms with E-state index in [0.29, 0.717) is 0 Å². The maximum absolute atomic E-state index is 6.09. The van der Waals surface area contributed by atoms with Gasteiger partial charge in [-0.05, 0) is 45.3 Å². The molecule has 0 aromatic carbocycles. The van der Waals surface area contributed by atoms with Crippen LogP contribution in [0.5, 0.6) is 0 Å². The Labute approximate surface area is 757 Å². The zero-order chi connectivity index (χ0) is 84.1. The number of hydrogen-bond donors (Lipinski definition) is 0. The Morgan fingerprint density at radius 2 is 0.464 bits per heavy atom. The van der Waals surface area contributed by atoms with Gasteiger partial charge in [0.15, 0.2) is 0 Å². The summed E-state index contributed by atoms with van der Waals surface area (Å²) >= 11 is 10.3. The molecule has 0 aromatic heterocycles. The summed E-state index contributed by atoms with van der Waals surface area (Å²) in [5.74, 6) is 0. The van der Waals surface area contributed by atoms with Crippen molar-refractivity contribution in [2.75, 3.05) is 0 Å². The Morgan fingerprint density at radius 3 is 0.607 bits per heavy atom. The van der Waals surface area contributed by atoms with Gasteiger partial charge in [-0.25, -0.2) is 0 Å². The zero-order valence-electron chi connectivity index (χ0n) is 82.4. The predicted molar refractivity (Wildman–Crippen MR) is 546 cm³/mol. The molecule has 0 spiro atoms. The van der Waals surface area contributed by atoms with Crippen molar-refractivity contribution in [1.29, 1.82) is 0 Å². The van der Waals surface area contributed by atoms with Gasteiger partial charge in [-0.3, -0.25) is 0 Å². The summed E-state index contributed by atoms with van der Waals surface area (Å²) in [4.78, 5) is 0. The summed E-state index contributed by atoms with van der Waals surface area (Å²) in [5.41, 5.74) is 12.7. The molecule has 0 rings (SSSR count). The van der Waals surface area contributed by atoms with Crippen molar-refractivity contribution >= 4 is 89.2 Å². The van der Waals surface area contributed by atoms with Crippen molar-refractivity contribution in [3.05, 3.63) is 6.92 Å². The van der Waals surface area contributed by atoms with Crippen LogP contribution in [-0.2, 0) is 0 Å². The average Bonchev–Trinajstić information content (AvgIpc) is 0.841. The van der Waals surface area contributed by atoms with Crippen LogP contribution in [0.2, 0.25) is 82.1 Å². The van der Waals surface area contributed by atoms with Crippen molar-refractivity contribution in [2.24, 2.45) is 0 Å². The van der Waals surface area contributed by atoms with E-state index in [9.17, 15) is 0 Å². The summed E-state index contributed by atoms with van der Waals surface area (Å²) < 4.78 is 0. The summed E-state index contributed by atoms with van der Waals surface area (Å²) in [7, 11) is -3.96. The normalized spacial score (nSPS) is 11.7. The van der Waals surface area contributed by atoms with Gasteiger partial charge in [0.1, 0.15) is 30.9 Å². The molecule has 0 bridgehead atoms. The minimum atomic E-state index is -1.50. The molecule has 0 radical (unpaired) electrons. The standard InChI is InChI=1S/C26H52Si.C24H51BrSi.C24H52Si.C18H37.C6H15ClSi.C5H10Si.ClH.Mg/c1-7-9-10-11-12-13-14-15-16-17-18-19-20-21-22-23-24-27(8-2,25(3)4)26(5)6;1-6-7-8-9-10-11-12-13-14-15-16-17-18-19-20-21-22-26(25,23(2)3)24(4)5;1-6-7-8-9-10-11-12-13-14-15-16-17-18-19-20-21-22-25(23(2)3)24(4)5;1-3-5-7-9-11-13-15-17-18-16-14-12-10-8-6-4-2;1-5(2)8(7)6(3)4;1-5-6(2,3)4;;/h2,25-26H,7,9-24H2,1,3-6H3;23-24H,6-22H2,1-5H3;23-25H,6-22H2,1-5H3;1,3-18H2,2H3;5-6,8H,1-4H3;1H,2-4H3;1H;/q;;;-1;;;;+2/p-1. The molecule has 0 atom stereocenters. The minimum Gasteiger partial charge on any atom is -1.00 e. The third kappa shape index (κ3) is 97.5. The molecule has 0 aliphatic heterocycles. The molecule has 0 fully saturated rings. The van der Waals surface area contributed by atoms with Gasteiger partial charge in [-0.15, -0.1) is 39.2 Å². The Kier molecular flexibility index (Phi) is 116. The molecule has 0 unspecified atom stereocenters. The molecule has 0 heterocycles. The molecule has 0 N–H and O–H groups in total. The van der Waals surface area contributed by atoms with Gasteiger partial charge >= 0.3 is 23.1 Å². The molecule has 0 aromatic rings. The second kappa shape index (κ2) is 100. The van der Waals surface area contributed by atoms with Crippen LogP contribution < -0.4 is 12.4 Å². The van der Waals surface area contributed by atoms with Gasteiger partial charge in [0.05, 0.1) is 0 Å². The van der Waals surface area contributed by atoms with Crippen LogP contribution in [-0.4, -0.2) is 62.8 Å². The molecular weight excluding hydrogens is 1550 g/mol. The van der Waals surface area contributed by atoms with E-state index in [-0.39, 0.29) is 35.5 Å². The van der Waals surface area contributed by atoms with Crippen LogP contribution >= 0.6 is 26.4 Å². The summed E-state index contributed by atoms with van der Waals surface area (Å²) in [6.45, 7) is 56.1. The average molecular weight is 1770 g/mol. The molecule has 0 nitrogen and oxygen atoms in total. The van der Waals surface area contributed by atoms with Crippen LogP contribution in [0, 0.1) is 30.9 Å². The van der Waals surface area contributed by atoms with Gasteiger partial charge < -0.3 is 19.3 Å². The molecule has 0 saturated heterocycles. The number of unbranched alkanes of at least 4 members (excludes halogenated alkanes) is 60. The second-order valence-electron chi connectivity index (χ2n) is 39.2. The van der Waals surface area contributed by atoms with E-state index in [0.717, 1.165) is 50.8 Å². The molecule has 0 amide bonds. The first-order valence-corrected chi connectivity index (χ1v) is 66.4. The van der Waals surface area contributed by atoms with Crippen molar-refractivity contribution in [3.8, 4) is 23.9 Å². The molecule has 112 heavy (non-hydrogen) atoms. The van der Waals surface area contributed by atoms with Gasteiger partial charge in [0.2, 0.25) is 0 Å². The number of terminal acetylenes is 2. The first-order valence-electron chi connectivity index (χ1n) is 50.7. The van der Waals surface area contributed by atoms with Gasteiger partial charge in [0.25, 0.3) is 0 Å². The topological polar surface area (TPSA) is 0 Å². The largest absolute Gasteiger partial charge is 2.00 e. The van der Waals surface area contributed by atoms with Crippen molar-refractivity contribution < 1.29 is 12.4 Å². The Balaban J connectivity index is -0.000000202. The fourth-order valence-electron chi connectivity index (χ4n) is 16.5. The van der Waals surface area contributed by atoms with Crippen LogP contribution in [0.4, 0.5) is 0 Å². The van der Waals surface area contributed by atoms with Crippen molar-refractivity contribution in [3.63, 3.8) is 0 Å². The monoisotopic (exact) mass is 1770 g/mol. The molecule has 9 heteroatoms. The van der Waals surface area contributed by atoms with Crippen molar-refractivity contribution in [2.45, 2.75) is 632 Å². The first kappa shape index (κ1) is 130. The summed E-state index contributed by atoms with van der Waals surface area (Å²) in [6, 6.07) is 4.41. The van der Waals surface area contributed by atoms with Crippen LogP contribution in [0.15, 0.2) is 0 Å². The molecule has 672 valence electrons. The Morgan fingerprint density at radius 1 is 0.286 bits per heavy atom. The van der Waals surface area contributed by atoms with Crippen LogP contribution in [0.25, 0.3) is 0 Å². The number of hydrogen-bond acceptors (Lipinski definition) is 0.